The molecule has 3 atom stereocenters. The van der Waals surface area contributed by atoms with E-state index >= 15 is 0 Å². The normalized spacial score (nSPS) is 47.3. The standard InChI is InChI=1S/C10H17NO2/c12-9-3-6-11-10(4-1-2-5-10)8(9)7-13-11/h8-9,12H,1-7H2/t8-,9-/m0/s1. The lowest BCUT2D eigenvalue weighted by Gasteiger charge is -2.42. The summed E-state index contributed by atoms with van der Waals surface area (Å²) in [6.45, 7) is 1.68. The third kappa shape index (κ3) is 0.953. The number of aliphatic hydroxyl groups is 1. The lowest BCUT2D eigenvalue weighted by Crippen LogP contribution is -2.53. The van der Waals surface area contributed by atoms with Gasteiger partial charge in [-0.1, -0.05) is 12.8 Å². The van der Waals surface area contributed by atoms with Gasteiger partial charge in [0, 0.05) is 12.5 Å². The van der Waals surface area contributed by atoms with Crippen LogP contribution < -0.4 is 0 Å². The van der Waals surface area contributed by atoms with Crippen LogP contribution in [0.2, 0.25) is 0 Å². The van der Waals surface area contributed by atoms with Crippen molar-refractivity contribution in [1.29, 1.82) is 0 Å². The van der Waals surface area contributed by atoms with E-state index in [2.05, 4.69) is 5.06 Å². The molecule has 0 aromatic rings. The first-order chi connectivity index (χ1) is 6.33. The zero-order valence-electron chi connectivity index (χ0n) is 7.91. The number of nitrogens with zero attached hydrogens (tertiary/aromatic N) is 1. The molecule has 0 amide bonds. The van der Waals surface area contributed by atoms with Crippen LogP contribution >= 0.6 is 0 Å². The molecule has 3 rings (SSSR count). The van der Waals surface area contributed by atoms with Gasteiger partial charge < -0.3 is 5.11 Å². The van der Waals surface area contributed by atoms with Gasteiger partial charge in [0.05, 0.1) is 18.2 Å². The van der Waals surface area contributed by atoms with E-state index < -0.39 is 0 Å². The summed E-state index contributed by atoms with van der Waals surface area (Å²) in [5, 5.41) is 12.1. The number of hydroxylamine groups is 2. The summed E-state index contributed by atoms with van der Waals surface area (Å²) in [7, 11) is 0. The van der Waals surface area contributed by atoms with Crippen molar-refractivity contribution >= 4 is 0 Å². The van der Waals surface area contributed by atoms with E-state index in [0.717, 1.165) is 19.6 Å². The SMILES string of the molecule is O[C@H]1CCN2OC[C@@H]1C21CCCC1. The molecule has 2 bridgehead atoms. The second-order valence-corrected chi connectivity index (χ2v) is 4.67. The molecule has 74 valence electrons. The quantitative estimate of drug-likeness (QED) is 0.606. The Kier molecular flexibility index (Phi) is 1.70. The monoisotopic (exact) mass is 183 g/mol. The van der Waals surface area contributed by atoms with Crippen LogP contribution in [0, 0.1) is 5.92 Å². The molecular formula is C10H17NO2. The Morgan fingerprint density at radius 2 is 2.08 bits per heavy atom. The third-order valence-electron chi connectivity index (χ3n) is 4.16. The fourth-order valence-corrected chi connectivity index (χ4v) is 3.45. The molecule has 3 aliphatic rings. The Balaban J connectivity index is 1.94. The second-order valence-electron chi connectivity index (χ2n) is 4.67. The van der Waals surface area contributed by atoms with Crippen molar-refractivity contribution in [2.24, 2.45) is 5.92 Å². The van der Waals surface area contributed by atoms with Crippen molar-refractivity contribution < 1.29 is 9.94 Å². The molecule has 0 radical (unpaired) electrons. The fraction of sp³-hybridized carbons (Fsp3) is 1.00. The fourth-order valence-electron chi connectivity index (χ4n) is 3.45. The van der Waals surface area contributed by atoms with Crippen molar-refractivity contribution in [2.75, 3.05) is 13.2 Å². The molecule has 1 unspecified atom stereocenters. The average Bonchev–Trinajstić information content (AvgIpc) is 2.67. The number of rotatable bonds is 0. The first kappa shape index (κ1) is 8.21. The zero-order valence-corrected chi connectivity index (χ0v) is 7.91. The smallest absolute Gasteiger partial charge is 0.0756 e. The van der Waals surface area contributed by atoms with Crippen LogP contribution in [-0.2, 0) is 4.84 Å². The van der Waals surface area contributed by atoms with Crippen molar-refractivity contribution in [3.63, 3.8) is 0 Å². The minimum atomic E-state index is -0.114. The lowest BCUT2D eigenvalue weighted by atomic mass is 9.76. The van der Waals surface area contributed by atoms with E-state index in [4.69, 9.17) is 4.84 Å². The van der Waals surface area contributed by atoms with Crippen LogP contribution in [0.5, 0.6) is 0 Å². The van der Waals surface area contributed by atoms with Gasteiger partial charge in [0.25, 0.3) is 0 Å². The van der Waals surface area contributed by atoms with E-state index in [1.807, 2.05) is 0 Å². The highest BCUT2D eigenvalue weighted by Crippen LogP contribution is 2.49. The van der Waals surface area contributed by atoms with Gasteiger partial charge in [-0.2, -0.15) is 5.06 Å². The van der Waals surface area contributed by atoms with Crippen LogP contribution in [0.25, 0.3) is 0 Å². The van der Waals surface area contributed by atoms with Gasteiger partial charge in [-0.15, -0.1) is 0 Å². The molecule has 0 aromatic heterocycles. The van der Waals surface area contributed by atoms with Crippen molar-refractivity contribution in [2.45, 2.75) is 43.7 Å². The summed E-state index contributed by atoms with van der Waals surface area (Å²) in [5.74, 6) is 0.392. The summed E-state index contributed by atoms with van der Waals surface area (Å²) < 4.78 is 0. The van der Waals surface area contributed by atoms with Crippen LogP contribution in [0.4, 0.5) is 0 Å². The topological polar surface area (TPSA) is 32.7 Å². The second kappa shape index (κ2) is 2.69. The summed E-state index contributed by atoms with van der Waals surface area (Å²) in [4.78, 5) is 5.66. The van der Waals surface area contributed by atoms with E-state index in [0.29, 0.717) is 5.92 Å². The number of hydrogen-bond donors (Lipinski definition) is 1. The van der Waals surface area contributed by atoms with Crippen LogP contribution in [-0.4, -0.2) is 35.0 Å². The minimum absolute atomic E-state index is 0.114. The Morgan fingerprint density at radius 1 is 1.31 bits per heavy atom. The highest BCUT2D eigenvalue weighted by atomic mass is 16.7. The minimum Gasteiger partial charge on any atom is -0.393 e. The lowest BCUT2D eigenvalue weighted by molar-refractivity contribution is -0.176. The molecule has 3 nitrogen and oxygen atoms in total. The molecule has 1 aliphatic carbocycles. The molecule has 2 saturated heterocycles. The number of piperidine rings is 1. The van der Waals surface area contributed by atoms with E-state index in [1.54, 1.807) is 0 Å². The summed E-state index contributed by atoms with van der Waals surface area (Å²) >= 11 is 0. The molecule has 1 saturated carbocycles. The number of aliphatic hydroxyl groups excluding tert-OH is 1. The van der Waals surface area contributed by atoms with Crippen molar-refractivity contribution in [3.05, 3.63) is 0 Å². The Labute approximate surface area is 78.6 Å². The van der Waals surface area contributed by atoms with Gasteiger partial charge >= 0.3 is 0 Å². The molecule has 0 aromatic carbocycles. The van der Waals surface area contributed by atoms with Gasteiger partial charge in [-0.3, -0.25) is 4.84 Å². The third-order valence-corrected chi connectivity index (χ3v) is 4.16. The summed E-state index contributed by atoms with van der Waals surface area (Å²) in [6, 6.07) is 0. The largest absolute Gasteiger partial charge is 0.393 e. The van der Waals surface area contributed by atoms with Crippen LogP contribution in [0.15, 0.2) is 0 Å². The van der Waals surface area contributed by atoms with E-state index in [1.165, 1.54) is 25.7 Å². The Hall–Kier alpha value is -0.120. The summed E-state index contributed by atoms with van der Waals surface area (Å²) in [6.07, 6.45) is 5.86. The van der Waals surface area contributed by atoms with Crippen LogP contribution in [0.1, 0.15) is 32.1 Å². The first-order valence-corrected chi connectivity index (χ1v) is 5.41. The van der Waals surface area contributed by atoms with Crippen molar-refractivity contribution in [1.82, 2.24) is 5.06 Å². The predicted molar refractivity (Wildman–Crippen MR) is 48.0 cm³/mol. The molecule has 1 spiro atoms. The van der Waals surface area contributed by atoms with Gasteiger partial charge in [-0.05, 0) is 19.3 Å². The molecular weight excluding hydrogens is 166 g/mol. The molecule has 3 heteroatoms. The maximum absolute atomic E-state index is 9.91. The highest BCUT2D eigenvalue weighted by molar-refractivity contribution is 5.05. The highest BCUT2D eigenvalue weighted by Gasteiger charge is 2.56. The number of hydrogen-bond acceptors (Lipinski definition) is 3. The van der Waals surface area contributed by atoms with Gasteiger partial charge in [0.1, 0.15) is 0 Å². The summed E-state index contributed by atoms with van der Waals surface area (Å²) in [5.41, 5.74) is 0.234. The van der Waals surface area contributed by atoms with Gasteiger partial charge in [0.2, 0.25) is 0 Å². The van der Waals surface area contributed by atoms with E-state index in [-0.39, 0.29) is 11.6 Å². The maximum Gasteiger partial charge on any atom is 0.0756 e. The molecule has 13 heavy (non-hydrogen) atoms. The zero-order chi connectivity index (χ0) is 8.89. The Bertz CT molecular complexity index is 213. The molecule has 1 N–H and O–H groups in total. The maximum atomic E-state index is 9.91. The van der Waals surface area contributed by atoms with Gasteiger partial charge in [-0.25, -0.2) is 0 Å². The predicted octanol–water partition coefficient (Wildman–Crippen LogP) is 0.927. The molecule has 2 aliphatic heterocycles. The average molecular weight is 183 g/mol. The van der Waals surface area contributed by atoms with Crippen LogP contribution in [0.3, 0.4) is 0 Å². The van der Waals surface area contributed by atoms with Crippen molar-refractivity contribution in [3.8, 4) is 0 Å². The Morgan fingerprint density at radius 3 is 2.85 bits per heavy atom. The first-order valence-electron chi connectivity index (χ1n) is 5.41. The van der Waals surface area contributed by atoms with Gasteiger partial charge in [0.15, 0.2) is 0 Å². The molecule has 3 fully saturated rings. The van der Waals surface area contributed by atoms with E-state index in [9.17, 15) is 5.11 Å². The molecule has 2 heterocycles.